The number of aryl methyl sites for hydroxylation is 1. The predicted octanol–water partition coefficient (Wildman–Crippen LogP) is 3.64. The van der Waals surface area contributed by atoms with E-state index in [-0.39, 0.29) is 6.10 Å². The molecule has 0 aliphatic rings. The lowest BCUT2D eigenvalue weighted by Crippen LogP contribution is -2.11. The summed E-state index contributed by atoms with van der Waals surface area (Å²) in [5, 5.41) is 0. The fourth-order valence-corrected chi connectivity index (χ4v) is 3.98. The number of nitrogens with one attached hydrogen (secondary N) is 1. The summed E-state index contributed by atoms with van der Waals surface area (Å²) in [6, 6.07) is 10.3. The third-order valence-electron chi connectivity index (χ3n) is 2.46. The van der Waals surface area contributed by atoms with Crippen molar-refractivity contribution in [1.29, 1.82) is 0 Å². The second kappa shape index (κ2) is 5.85. The first-order valence-electron chi connectivity index (χ1n) is 6.23. The van der Waals surface area contributed by atoms with Crippen LogP contribution >= 0.6 is 11.3 Å². The molecule has 108 valence electrons. The minimum absolute atomic E-state index is 0.0895. The van der Waals surface area contributed by atoms with Gasteiger partial charge in [-0.15, -0.1) is 11.3 Å². The summed E-state index contributed by atoms with van der Waals surface area (Å²) in [6.45, 7) is 5.76. The molecule has 20 heavy (non-hydrogen) atoms. The fourth-order valence-electron chi connectivity index (χ4n) is 1.64. The van der Waals surface area contributed by atoms with Crippen LogP contribution in [0, 0.1) is 6.92 Å². The van der Waals surface area contributed by atoms with Crippen LogP contribution in [0.2, 0.25) is 0 Å². The molecule has 2 aromatic rings. The number of thiophene rings is 1. The number of rotatable bonds is 5. The van der Waals surface area contributed by atoms with Crippen LogP contribution in [0.15, 0.2) is 40.6 Å². The van der Waals surface area contributed by atoms with Crippen molar-refractivity contribution < 1.29 is 13.2 Å². The van der Waals surface area contributed by atoms with E-state index in [9.17, 15) is 8.42 Å². The Kier molecular flexibility index (Phi) is 4.35. The van der Waals surface area contributed by atoms with Crippen LogP contribution in [0.25, 0.3) is 0 Å². The molecule has 6 heteroatoms. The van der Waals surface area contributed by atoms with Crippen LogP contribution in [0.5, 0.6) is 5.75 Å². The van der Waals surface area contributed by atoms with Crippen LogP contribution in [-0.2, 0) is 10.0 Å². The molecule has 1 aromatic carbocycles. The summed E-state index contributed by atoms with van der Waals surface area (Å²) in [4.78, 5) is 0.964. The van der Waals surface area contributed by atoms with Crippen LogP contribution in [0.4, 0.5) is 5.69 Å². The van der Waals surface area contributed by atoms with Gasteiger partial charge in [0.2, 0.25) is 0 Å². The maximum Gasteiger partial charge on any atom is 0.271 e. The average Bonchev–Trinajstić information content (AvgIpc) is 2.78. The molecule has 0 amide bonds. The Hall–Kier alpha value is -1.53. The van der Waals surface area contributed by atoms with E-state index in [0.29, 0.717) is 9.90 Å². The highest BCUT2D eigenvalue weighted by atomic mass is 32.2. The van der Waals surface area contributed by atoms with E-state index in [1.807, 2.05) is 20.8 Å². The third kappa shape index (κ3) is 3.74. The average molecular weight is 311 g/mol. The number of anilines is 1. The van der Waals surface area contributed by atoms with Gasteiger partial charge in [0.1, 0.15) is 9.96 Å². The normalized spacial score (nSPS) is 11.6. The molecule has 1 heterocycles. The maximum absolute atomic E-state index is 12.1. The Morgan fingerprint density at radius 2 is 1.75 bits per heavy atom. The van der Waals surface area contributed by atoms with Gasteiger partial charge in [-0.1, -0.05) is 0 Å². The van der Waals surface area contributed by atoms with Gasteiger partial charge in [0.25, 0.3) is 10.0 Å². The monoisotopic (exact) mass is 311 g/mol. The molecule has 0 saturated carbocycles. The van der Waals surface area contributed by atoms with E-state index < -0.39 is 10.0 Å². The molecule has 0 unspecified atom stereocenters. The van der Waals surface area contributed by atoms with E-state index >= 15 is 0 Å². The molecule has 0 spiro atoms. The third-order valence-corrected chi connectivity index (χ3v) is 5.33. The van der Waals surface area contributed by atoms with Crippen molar-refractivity contribution in [1.82, 2.24) is 0 Å². The van der Waals surface area contributed by atoms with Gasteiger partial charge in [0.15, 0.2) is 0 Å². The molecule has 2 rings (SSSR count). The first-order chi connectivity index (χ1) is 9.37. The van der Waals surface area contributed by atoms with E-state index in [2.05, 4.69) is 4.72 Å². The Balaban J connectivity index is 2.13. The predicted molar refractivity (Wildman–Crippen MR) is 82.1 cm³/mol. The maximum atomic E-state index is 12.1. The zero-order chi connectivity index (χ0) is 14.8. The molecule has 1 N–H and O–H groups in total. The molecule has 1 aromatic heterocycles. The highest BCUT2D eigenvalue weighted by molar-refractivity contribution is 7.94. The quantitative estimate of drug-likeness (QED) is 0.917. The van der Waals surface area contributed by atoms with Gasteiger partial charge in [-0.2, -0.15) is 0 Å². The van der Waals surface area contributed by atoms with Crippen molar-refractivity contribution in [3.63, 3.8) is 0 Å². The second-order valence-corrected chi connectivity index (χ2v) is 7.86. The zero-order valence-corrected chi connectivity index (χ0v) is 13.2. The molecule has 0 aliphatic heterocycles. The molecule has 0 radical (unpaired) electrons. The first-order valence-corrected chi connectivity index (χ1v) is 8.53. The number of hydrogen-bond donors (Lipinski definition) is 1. The van der Waals surface area contributed by atoms with E-state index in [4.69, 9.17) is 4.74 Å². The summed E-state index contributed by atoms with van der Waals surface area (Å²) >= 11 is 1.25. The summed E-state index contributed by atoms with van der Waals surface area (Å²) in [6.07, 6.45) is 0.0895. The number of ether oxygens (including phenoxy) is 1. The van der Waals surface area contributed by atoms with Gasteiger partial charge >= 0.3 is 0 Å². The number of hydrogen-bond acceptors (Lipinski definition) is 4. The van der Waals surface area contributed by atoms with Gasteiger partial charge in [-0.05, 0) is 57.2 Å². The Labute approximate surface area is 123 Å². The van der Waals surface area contributed by atoms with Gasteiger partial charge < -0.3 is 4.74 Å². The lowest BCUT2D eigenvalue weighted by molar-refractivity contribution is 0.242. The lowest BCUT2D eigenvalue weighted by atomic mass is 10.3. The molecular formula is C14H17NO3S2. The molecule has 0 bridgehead atoms. The summed E-state index contributed by atoms with van der Waals surface area (Å²) < 4.78 is 32.7. The van der Waals surface area contributed by atoms with Crippen molar-refractivity contribution in [2.75, 3.05) is 4.72 Å². The van der Waals surface area contributed by atoms with Gasteiger partial charge in [0, 0.05) is 10.6 Å². The minimum atomic E-state index is -3.50. The van der Waals surface area contributed by atoms with Crippen molar-refractivity contribution in [3.8, 4) is 5.75 Å². The van der Waals surface area contributed by atoms with Crippen LogP contribution < -0.4 is 9.46 Å². The van der Waals surface area contributed by atoms with Crippen LogP contribution in [0.3, 0.4) is 0 Å². The van der Waals surface area contributed by atoms with Crippen molar-refractivity contribution in [2.45, 2.75) is 31.1 Å². The second-order valence-electron chi connectivity index (χ2n) is 4.66. The van der Waals surface area contributed by atoms with Gasteiger partial charge in [0.05, 0.1) is 6.10 Å². The minimum Gasteiger partial charge on any atom is -0.491 e. The topological polar surface area (TPSA) is 55.4 Å². The van der Waals surface area contributed by atoms with Crippen molar-refractivity contribution >= 4 is 27.0 Å². The molecular weight excluding hydrogens is 294 g/mol. The summed E-state index contributed by atoms with van der Waals surface area (Å²) in [5.74, 6) is 0.718. The van der Waals surface area contributed by atoms with Gasteiger partial charge in [-0.3, -0.25) is 4.72 Å². The lowest BCUT2D eigenvalue weighted by Gasteiger charge is -2.11. The molecule has 4 nitrogen and oxygen atoms in total. The fraction of sp³-hybridized carbons (Fsp3) is 0.286. The largest absolute Gasteiger partial charge is 0.491 e. The smallest absolute Gasteiger partial charge is 0.271 e. The molecule has 0 fully saturated rings. The molecule has 0 aliphatic carbocycles. The van der Waals surface area contributed by atoms with E-state index in [1.165, 1.54) is 11.3 Å². The molecule has 0 atom stereocenters. The SMILES string of the molecule is Cc1ccc(S(=O)(=O)Nc2ccc(OC(C)C)cc2)s1. The van der Waals surface area contributed by atoms with E-state index in [0.717, 1.165) is 10.6 Å². The highest BCUT2D eigenvalue weighted by Crippen LogP contribution is 2.24. The first kappa shape index (κ1) is 14.9. The van der Waals surface area contributed by atoms with Gasteiger partial charge in [-0.25, -0.2) is 8.42 Å². The zero-order valence-electron chi connectivity index (χ0n) is 11.6. The molecule has 0 saturated heterocycles. The highest BCUT2D eigenvalue weighted by Gasteiger charge is 2.16. The Bertz CT molecular complexity index is 673. The number of benzene rings is 1. The standard InChI is InChI=1S/C14H17NO3S2/c1-10(2)18-13-7-5-12(6-8-13)15-20(16,17)14-9-4-11(3)19-14/h4-10,15H,1-3H3. The van der Waals surface area contributed by atoms with Crippen LogP contribution in [0.1, 0.15) is 18.7 Å². The van der Waals surface area contributed by atoms with Crippen LogP contribution in [-0.4, -0.2) is 14.5 Å². The Morgan fingerprint density at radius 3 is 2.25 bits per heavy atom. The van der Waals surface area contributed by atoms with Crippen molar-refractivity contribution in [2.24, 2.45) is 0 Å². The summed E-state index contributed by atoms with van der Waals surface area (Å²) in [5.41, 5.74) is 0.521. The number of sulfonamides is 1. The Morgan fingerprint density at radius 1 is 1.10 bits per heavy atom. The van der Waals surface area contributed by atoms with Crippen molar-refractivity contribution in [3.05, 3.63) is 41.3 Å². The summed E-state index contributed by atoms with van der Waals surface area (Å²) in [7, 11) is -3.50. The van der Waals surface area contributed by atoms with E-state index in [1.54, 1.807) is 36.4 Å².